The molecule has 1 aromatic rings. The molecule has 4 rings (SSSR count). The molecule has 6 nitrogen and oxygen atoms in total. The number of nitrogens with zero attached hydrogens (tertiary/aromatic N) is 1. The Bertz CT molecular complexity index is 820. The van der Waals surface area contributed by atoms with Crippen LogP contribution in [-0.2, 0) is 14.4 Å². The average Bonchev–Trinajstić information content (AvgIpc) is 3.28. The molecule has 1 heterocycles. The molecule has 3 aliphatic rings. The maximum Gasteiger partial charge on any atom is 0.573 e. The standard InChI is InChI=1S/C19H17F3N2O4/c20-19(21,22)28-13-5-3-12(4-6-13)23-14(25)7-8-24-17(26)15-10-1-2-11(9-10)16(15)18(24)27/h1-6,10-11,15-16H,7-9H2,(H,23,25). The number of nitrogens with one attached hydrogen (secondary N) is 1. The number of carbonyl (C=O) groups is 3. The van der Waals surface area contributed by atoms with Gasteiger partial charge in [0.25, 0.3) is 0 Å². The zero-order valence-electron chi connectivity index (χ0n) is 14.6. The Labute approximate surface area is 158 Å². The largest absolute Gasteiger partial charge is 0.573 e. The van der Waals surface area contributed by atoms with Crippen LogP contribution in [0.3, 0.4) is 0 Å². The van der Waals surface area contributed by atoms with Crippen LogP contribution in [0.25, 0.3) is 0 Å². The van der Waals surface area contributed by atoms with Crippen molar-refractivity contribution in [3.05, 3.63) is 36.4 Å². The molecule has 1 saturated carbocycles. The van der Waals surface area contributed by atoms with Gasteiger partial charge in [-0.25, -0.2) is 0 Å². The summed E-state index contributed by atoms with van der Waals surface area (Å²) in [4.78, 5) is 38.4. The van der Waals surface area contributed by atoms with E-state index in [-0.39, 0.29) is 54.1 Å². The molecule has 4 unspecified atom stereocenters. The fraction of sp³-hybridized carbons (Fsp3) is 0.421. The topological polar surface area (TPSA) is 75.7 Å². The number of allylic oxidation sites excluding steroid dienone is 2. The third-order valence-electron chi connectivity index (χ3n) is 5.50. The number of hydrogen-bond donors (Lipinski definition) is 1. The molecule has 1 N–H and O–H groups in total. The number of hydrogen-bond acceptors (Lipinski definition) is 4. The van der Waals surface area contributed by atoms with Crippen molar-refractivity contribution in [3.63, 3.8) is 0 Å². The van der Waals surface area contributed by atoms with Crippen molar-refractivity contribution in [2.75, 3.05) is 11.9 Å². The zero-order valence-corrected chi connectivity index (χ0v) is 14.6. The predicted molar refractivity (Wildman–Crippen MR) is 90.8 cm³/mol. The van der Waals surface area contributed by atoms with Crippen LogP contribution in [0.2, 0.25) is 0 Å². The van der Waals surface area contributed by atoms with E-state index in [1.165, 1.54) is 17.0 Å². The van der Waals surface area contributed by atoms with E-state index < -0.39 is 18.0 Å². The lowest BCUT2D eigenvalue weighted by Crippen LogP contribution is -2.35. The number of benzene rings is 1. The van der Waals surface area contributed by atoms with Crippen molar-refractivity contribution >= 4 is 23.4 Å². The van der Waals surface area contributed by atoms with Crippen LogP contribution in [-0.4, -0.2) is 35.5 Å². The van der Waals surface area contributed by atoms with Gasteiger partial charge in [0.2, 0.25) is 17.7 Å². The highest BCUT2D eigenvalue weighted by Crippen LogP contribution is 2.52. The second kappa shape index (κ2) is 6.65. The Balaban J connectivity index is 1.30. The predicted octanol–water partition coefficient (Wildman–Crippen LogP) is 2.72. The van der Waals surface area contributed by atoms with Gasteiger partial charge in [-0.3, -0.25) is 19.3 Å². The number of imide groups is 1. The molecule has 0 aromatic heterocycles. The highest BCUT2D eigenvalue weighted by atomic mass is 19.4. The van der Waals surface area contributed by atoms with Gasteiger partial charge in [0.05, 0.1) is 11.8 Å². The molecule has 0 radical (unpaired) electrons. The molecule has 148 valence electrons. The van der Waals surface area contributed by atoms with Gasteiger partial charge in [-0.1, -0.05) is 12.2 Å². The summed E-state index contributed by atoms with van der Waals surface area (Å²) in [6, 6.07) is 4.72. The molecule has 28 heavy (non-hydrogen) atoms. The van der Waals surface area contributed by atoms with E-state index in [2.05, 4.69) is 10.1 Å². The molecule has 2 bridgehead atoms. The Kier molecular flexibility index (Phi) is 4.40. The molecule has 3 amide bonds. The summed E-state index contributed by atoms with van der Waals surface area (Å²) >= 11 is 0. The number of rotatable bonds is 5. The van der Waals surface area contributed by atoms with Gasteiger partial charge in [-0.05, 0) is 42.5 Å². The Morgan fingerprint density at radius 3 is 2.18 bits per heavy atom. The number of ether oxygens (including phenoxy) is 1. The van der Waals surface area contributed by atoms with Gasteiger partial charge in [-0.15, -0.1) is 13.2 Å². The van der Waals surface area contributed by atoms with Crippen molar-refractivity contribution in [1.82, 2.24) is 4.90 Å². The SMILES string of the molecule is O=C(CCN1C(=O)C2C3C=CC(C3)C2C1=O)Nc1ccc(OC(F)(F)F)cc1. The molecular formula is C19H17F3N2O4. The van der Waals surface area contributed by atoms with E-state index >= 15 is 0 Å². The molecule has 9 heteroatoms. The highest BCUT2D eigenvalue weighted by Gasteiger charge is 2.59. The quantitative estimate of drug-likeness (QED) is 0.616. The lowest BCUT2D eigenvalue weighted by atomic mass is 9.85. The molecular weight excluding hydrogens is 377 g/mol. The van der Waals surface area contributed by atoms with Crippen LogP contribution in [0.1, 0.15) is 12.8 Å². The second-order valence-electron chi connectivity index (χ2n) is 7.20. The van der Waals surface area contributed by atoms with Gasteiger partial charge in [0.15, 0.2) is 0 Å². The number of halogens is 3. The highest BCUT2D eigenvalue weighted by molar-refractivity contribution is 6.06. The fourth-order valence-corrected chi connectivity index (χ4v) is 4.36. The number of likely N-dealkylation sites (tertiary alicyclic amines) is 1. The number of carbonyl (C=O) groups excluding carboxylic acids is 3. The third-order valence-corrected chi connectivity index (χ3v) is 5.50. The van der Waals surface area contributed by atoms with Gasteiger partial charge in [0, 0.05) is 18.7 Å². The van der Waals surface area contributed by atoms with Crippen LogP contribution < -0.4 is 10.1 Å². The number of fused-ring (bicyclic) bond motifs is 5. The smallest absolute Gasteiger partial charge is 0.406 e. The normalized spacial score (nSPS) is 28.0. The van der Waals surface area contributed by atoms with Gasteiger partial charge >= 0.3 is 6.36 Å². The van der Waals surface area contributed by atoms with Gasteiger partial charge in [-0.2, -0.15) is 0 Å². The summed E-state index contributed by atoms with van der Waals surface area (Å²) in [5.41, 5.74) is 0.290. The summed E-state index contributed by atoms with van der Waals surface area (Å²) in [7, 11) is 0. The second-order valence-corrected chi connectivity index (χ2v) is 7.20. The lowest BCUT2D eigenvalue weighted by Gasteiger charge is -2.17. The van der Waals surface area contributed by atoms with E-state index in [4.69, 9.17) is 0 Å². The van der Waals surface area contributed by atoms with Gasteiger partial charge < -0.3 is 10.1 Å². The third kappa shape index (κ3) is 3.36. The van der Waals surface area contributed by atoms with E-state index in [1.807, 2.05) is 12.2 Å². The zero-order chi connectivity index (χ0) is 20.1. The first-order chi connectivity index (χ1) is 13.2. The molecule has 1 aliphatic heterocycles. The summed E-state index contributed by atoms with van der Waals surface area (Å²) in [6.07, 6.45) is -0.0265. The van der Waals surface area contributed by atoms with E-state index in [0.29, 0.717) is 0 Å². The monoisotopic (exact) mass is 394 g/mol. The van der Waals surface area contributed by atoms with Crippen molar-refractivity contribution in [3.8, 4) is 5.75 Å². The Morgan fingerprint density at radius 1 is 1.07 bits per heavy atom. The van der Waals surface area contributed by atoms with E-state index in [9.17, 15) is 27.6 Å². The van der Waals surface area contributed by atoms with E-state index in [1.54, 1.807) is 0 Å². The minimum atomic E-state index is -4.78. The van der Waals surface area contributed by atoms with Crippen LogP contribution >= 0.6 is 0 Å². The molecule has 1 aromatic carbocycles. The Morgan fingerprint density at radius 2 is 1.64 bits per heavy atom. The molecule has 2 aliphatic carbocycles. The first-order valence-corrected chi connectivity index (χ1v) is 8.92. The molecule has 1 saturated heterocycles. The molecule has 0 spiro atoms. The number of amides is 3. The average molecular weight is 394 g/mol. The maximum absolute atomic E-state index is 12.5. The van der Waals surface area contributed by atoms with Crippen molar-refractivity contribution in [2.24, 2.45) is 23.7 Å². The van der Waals surface area contributed by atoms with Crippen molar-refractivity contribution in [1.29, 1.82) is 0 Å². The van der Waals surface area contributed by atoms with Gasteiger partial charge in [0.1, 0.15) is 5.75 Å². The number of anilines is 1. The first kappa shape index (κ1) is 18.5. The molecule has 4 atom stereocenters. The minimum Gasteiger partial charge on any atom is -0.406 e. The lowest BCUT2D eigenvalue weighted by molar-refractivity contribution is -0.274. The van der Waals surface area contributed by atoms with E-state index in [0.717, 1.165) is 18.6 Å². The summed E-state index contributed by atoms with van der Waals surface area (Å²) in [6.45, 7) is -0.00872. The van der Waals surface area contributed by atoms with Crippen LogP contribution in [0, 0.1) is 23.7 Å². The number of alkyl halides is 3. The van der Waals surface area contributed by atoms with Crippen molar-refractivity contribution in [2.45, 2.75) is 19.2 Å². The van der Waals surface area contributed by atoms with Crippen LogP contribution in [0.15, 0.2) is 36.4 Å². The Hall–Kier alpha value is -2.84. The maximum atomic E-state index is 12.5. The van der Waals surface area contributed by atoms with Crippen molar-refractivity contribution < 1.29 is 32.3 Å². The van der Waals surface area contributed by atoms with Crippen LogP contribution in [0.4, 0.5) is 18.9 Å². The van der Waals surface area contributed by atoms with Crippen LogP contribution in [0.5, 0.6) is 5.75 Å². The molecule has 2 fully saturated rings. The summed E-state index contributed by atoms with van der Waals surface area (Å²) in [5.74, 6) is -1.64. The first-order valence-electron chi connectivity index (χ1n) is 8.92. The summed E-state index contributed by atoms with van der Waals surface area (Å²) < 4.78 is 40.2. The summed E-state index contributed by atoms with van der Waals surface area (Å²) in [5, 5.41) is 2.53. The fourth-order valence-electron chi connectivity index (χ4n) is 4.36. The minimum absolute atomic E-state index is 0.00872.